The van der Waals surface area contributed by atoms with Crippen LogP contribution in [0.4, 0.5) is 5.69 Å². The standard InChI is InChI=1S/C13H12BrNO3S/c1-9-7-10(5-6-13(9)14)15-19(17,18)12-4-2-3-11(16)8-12/h2-8,15-16H,1H3. The lowest BCUT2D eigenvalue weighted by Gasteiger charge is -2.09. The van der Waals surface area contributed by atoms with Gasteiger partial charge in [-0.3, -0.25) is 4.72 Å². The zero-order valence-corrected chi connectivity index (χ0v) is 12.5. The van der Waals surface area contributed by atoms with Gasteiger partial charge >= 0.3 is 0 Å². The zero-order valence-electron chi connectivity index (χ0n) is 10.1. The first-order valence-electron chi connectivity index (χ1n) is 5.46. The van der Waals surface area contributed by atoms with Crippen molar-refractivity contribution in [2.75, 3.05) is 4.72 Å². The monoisotopic (exact) mass is 341 g/mol. The first-order valence-corrected chi connectivity index (χ1v) is 7.74. The van der Waals surface area contributed by atoms with Crippen molar-refractivity contribution in [1.29, 1.82) is 0 Å². The molecule has 4 nitrogen and oxygen atoms in total. The van der Waals surface area contributed by atoms with Crippen molar-refractivity contribution in [2.24, 2.45) is 0 Å². The first kappa shape index (κ1) is 13.9. The molecule has 0 saturated heterocycles. The van der Waals surface area contributed by atoms with Crippen LogP contribution in [0.1, 0.15) is 5.56 Å². The minimum Gasteiger partial charge on any atom is -0.508 e. The maximum Gasteiger partial charge on any atom is 0.262 e. The van der Waals surface area contributed by atoms with Crippen molar-refractivity contribution >= 4 is 31.6 Å². The molecule has 0 aromatic heterocycles. The minimum atomic E-state index is -3.69. The molecule has 0 amide bonds. The van der Waals surface area contributed by atoms with Gasteiger partial charge in [0.1, 0.15) is 5.75 Å². The number of aromatic hydroxyl groups is 1. The van der Waals surface area contributed by atoms with Crippen molar-refractivity contribution in [1.82, 2.24) is 0 Å². The Morgan fingerprint density at radius 2 is 1.89 bits per heavy atom. The molecular weight excluding hydrogens is 330 g/mol. The second-order valence-corrected chi connectivity index (χ2v) is 6.60. The molecule has 0 aliphatic heterocycles. The van der Waals surface area contributed by atoms with Crippen LogP contribution >= 0.6 is 15.9 Å². The number of nitrogens with one attached hydrogen (secondary N) is 1. The number of anilines is 1. The lowest BCUT2D eigenvalue weighted by Crippen LogP contribution is -2.12. The molecule has 100 valence electrons. The topological polar surface area (TPSA) is 66.4 Å². The molecule has 0 radical (unpaired) electrons. The third kappa shape index (κ3) is 3.27. The molecule has 0 aliphatic rings. The molecule has 2 aromatic carbocycles. The van der Waals surface area contributed by atoms with Crippen molar-refractivity contribution in [3.05, 3.63) is 52.5 Å². The predicted octanol–water partition coefficient (Wildman–Crippen LogP) is 3.26. The van der Waals surface area contributed by atoms with E-state index < -0.39 is 10.0 Å². The van der Waals surface area contributed by atoms with Crippen LogP contribution < -0.4 is 4.72 Å². The summed E-state index contributed by atoms with van der Waals surface area (Å²) in [6.07, 6.45) is 0. The largest absolute Gasteiger partial charge is 0.508 e. The summed E-state index contributed by atoms with van der Waals surface area (Å²) in [5, 5.41) is 9.32. The van der Waals surface area contributed by atoms with Crippen LogP contribution in [-0.2, 0) is 10.0 Å². The fraction of sp³-hybridized carbons (Fsp3) is 0.0769. The number of hydrogen-bond acceptors (Lipinski definition) is 3. The van der Waals surface area contributed by atoms with E-state index in [9.17, 15) is 13.5 Å². The molecule has 0 saturated carbocycles. The molecule has 6 heteroatoms. The predicted molar refractivity (Wildman–Crippen MR) is 77.8 cm³/mol. The number of hydrogen-bond donors (Lipinski definition) is 2. The summed E-state index contributed by atoms with van der Waals surface area (Å²) in [7, 11) is -3.69. The van der Waals surface area contributed by atoms with E-state index >= 15 is 0 Å². The lowest BCUT2D eigenvalue weighted by molar-refractivity contribution is 0.473. The number of benzene rings is 2. The normalized spacial score (nSPS) is 11.3. The zero-order chi connectivity index (χ0) is 14.0. The van der Waals surface area contributed by atoms with Crippen molar-refractivity contribution < 1.29 is 13.5 Å². The molecule has 0 atom stereocenters. The Morgan fingerprint density at radius 3 is 2.53 bits per heavy atom. The van der Waals surface area contributed by atoms with Crippen LogP contribution in [0.15, 0.2) is 51.8 Å². The molecular formula is C13H12BrNO3S. The smallest absolute Gasteiger partial charge is 0.262 e. The van der Waals surface area contributed by atoms with Crippen LogP contribution in [-0.4, -0.2) is 13.5 Å². The number of phenolic OH excluding ortho intramolecular Hbond substituents is 1. The Bertz CT molecular complexity index is 714. The van der Waals surface area contributed by atoms with E-state index in [1.54, 1.807) is 18.2 Å². The molecule has 0 bridgehead atoms. The number of halogens is 1. The number of sulfonamides is 1. The average Bonchev–Trinajstić information content (AvgIpc) is 2.33. The van der Waals surface area contributed by atoms with E-state index in [1.807, 2.05) is 6.92 Å². The van der Waals surface area contributed by atoms with Crippen LogP contribution in [0.25, 0.3) is 0 Å². The van der Waals surface area contributed by atoms with Gasteiger partial charge in [-0.25, -0.2) is 8.42 Å². The molecule has 2 N–H and O–H groups in total. The third-order valence-corrected chi connectivity index (χ3v) is 4.81. The minimum absolute atomic E-state index is 0.0214. The average molecular weight is 342 g/mol. The van der Waals surface area contributed by atoms with Gasteiger partial charge in [0.25, 0.3) is 10.0 Å². The summed E-state index contributed by atoms with van der Waals surface area (Å²) in [5.41, 5.74) is 1.40. The summed E-state index contributed by atoms with van der Waals surface area (Å²) in [5.74, 6) is -0.0881. The molecule has 0 aliphatic carbocycles. The van der Waals surface area contributed by atoms with Crippen LogP contribution in [0, 0.1) is 6.92 Å². The molecule has 0 spiro atoms. The quantitative estimate of drug-likeness (QED) is 0.900. The summed E-state index contributed by atoms with van der Waals surface area (Å²) < 4.78 is 27.6. The summed E-state index contributed by atoms with van der Waals surface area (Å²) in [6, 6.07) is 10.7. The van der Waals surface area contributed by atoms with Gasteiger partial charge in [-0.05, 0) is 42.8 Å². The van der Waals surface area contributed by atoms with E-state index in [4.69, 9.17) is 0 Å². The van der Waals surface area contributed by atoms with Gasteiger partial charge in [0.2, 0.25) is 0 Å². The van der Waals surface area contributed by atoms with Gasteiger partial charge in [-0.1, -0.05) is 22.0 Å². The van der Waals surface area contributed by atoms with Gasteiger partial charge in [-0.2, -0.15) is 0 Å². The van der Waals surface area contributed by atoms with Crippen LogP contribution in [0.2, 0.25) is 0 Å². The van der Waals surface area contributed by atoms with E-state index in [-0.39, 0.29) is 10.6 Å². The molecule has 19 heavy (non-hydrogen) atoms. The molecule has 2 rings (SSSR count). The third-order valence-electron chi connectivity index (χ3n) is 2.54. The van der Waals surface area contributed by atoms with Gasteiger partial charge < -0.3 is 5.11 Å². The second kappa shape index (κ2) is 5.22. The second-order valence-electron chi connectivity index (χ2n) is 4.07. The lowest BCUT2D eigenvalue weighted by atomic mass is 10.2. The first-order chi connectivity index (χ1) is 8.88. The Morgan fingerprint density at radius 1 is 1.16 bits per heavy atom. The SMILES string of the molecule is Cc1cc(NS(=O)(=O)c2cccc(O)c2)ccc1Br. The summed E-state index contributed by atoms with van der Waals surface area (Å²) >= 11 is 3.35. The Labute approximate surface area is 120 Å². The van der Waals surface area contributed by atoms with E-state index in [2.05, 4.69) is 20.7 Å². The van der Waals surface area contributed by atoms with Gasteiger partial charge in [0, 0.05) is 16.2 Å². The van der Waals surface area contributed by atoms with Crippen LogP contribution in [0.3, 0.4) is 0 Å². The summed E-state index contributed by atoms with van der Waals surface area (Å²) in [4.78, 5) is 0.0214. The highest BCUT2D eigenvalue weighted by atomic mass is 79.9. The van der Waals surface area contributed by atoms with E-state index in [0.717, 1.165) is 10.0 Å². The molecule has 0 fully saturated rings. The van der Waals surface area contributed by atoms with Gasteiger partial charge in [0.15, 0.2) is 0 Å². The van der Waals surface area contributed by atoms with E-state index in [1.165, 1.54) is 24.3 Å². The highest BCUT2D eigenvalue weighted by Crippen LogP contribution is 2.23. The number of rotatable bonds is 3. The van der Waals surface area contributed by atoms with Crippen molar-refractivity contribution in [2.45, 2.75) is 11.8 Å². The highest BCUT2D eigenvalue weighted by Gasteiger charge is 2.14. The van der Waals surface area contributed by atoms with Crippen molar-refractivity contribution in [3.63, 3.8) is 0 Å². The maximum absolute atomic E-state index is 12.1. The number of phenols is 1. The Kier molecular flexibility index (Phi) is 3.82. The fourth-order valence-corrected chi connectivity index (χ4v) is 2.91. The van der Waals surface area contributed by atoms with Crippen LogP contribution in [0.5, 0.6) is 5.75 Å². The number of aryl methyl sites for hydroxylation is 1. The van der Waals surface area contributed by atoms with Gasteiger partial charge in [-0.15, -0.1) is 0 Å². The Hall–Kier alpha value is -1.53. The highest BCUT2D eigenvalue weighted by molar-refractivity contribution is 9.10. The van der Waals surface area contributed by atoms with Crippen molar-refractivity contribution in [3.8, 4) is 5.75 Å². The summed E-state index contributed by atoms with van der Waals surface area (Å²) in [6.45, 7) is 1.87. The molecule has 0 unspecified atom stereocenters. The van der Waals surface area contributed by atoms with E-state index in [0.29, 0.717) is 5.69 Å². The fourth-order valence-electron chi connectivity index (χ4n) is 1.57. The Balaban J connectivity index is 2.33. The molecule has 0 heterocycles. The van der Waals surface area contributed by atoms with Gasteiger partial charge in [0.05, 0.1) is 4.90 Å². The maximum atomic E-state index is 12.1. The molecule has 2 aromatic rings.